The summed E-state index contributed by atoms with van der Waals surface area (Å²) in [5, 5.41) is 7.60. The Hall–Kier alpha value is -6.26. The van der Waals surface area contributed by atoms with Gasteiger partial charge in [0.1, 0.15) is 23.7 Å². The first-order valence-corrected chi connectivity index (χ1v) is 22.2. The number of nitrogens with zero attached hydrogens (tertiary/aromatic N) is 4. The molecule has 4 bridgehead atoms. The second kappa shape index (κ2) is 19.2. The van der Waals surface area contributed by atoms with Gasteiger partial charge < -0.3 is 49.3 Å². The van der Waals surface area contributed by atoms with E-state index in [4.69, 9.17) is 28.9 Å². The molecule has 64 heavy (non-hydrogen) atoms. The Morgan fingerprint density at radius 1 is 0.734 bits per heavy atom. The van der Waals surface area contributed by atoms with E-state index in [0.717, 1.165) is 75.2 Å². The number of likely N-dealkylation sites (tertiary alicyclic amines) is 2. The summed E-state index contributed by atoms with van der Waals surface area (Å²) in [6, 6.07) is 19.0. The minimum atomic E-state index is -0.771. The Morgan fingerprint density at radius 2 is 1.36 bits per heavy atom. The number of aromatic nitrogens is 4. The lowest BCUT2D eigenvalue weighted by Gasteiger charge is -2.30. The van der Waals surface area contributed by atoms with Gasteiger partial charge in [-0.25, -0.2) is 19.6 Å². The molecule has 5 atom stereocenters. The van der Waals surface area contributed by atoms with Crippen LogP contribution in [0.15, 0.2) is 66.9 Å². The number of fused-ring (bicyclic) bond motifs is 6. The van der Waals surface area contributed by atoms with Gasteiger partial charge >= 0.3 is 12.2 Å². The van der Waals surface area contributed by atoms with E-state index in [2.05, 4.69) is 81.3 Å². The first kappa shape index (κ1) is 44.4. The van der Waals surface area contributed by atoms with Crippen LogP contribution in [0.3, 0.4) is 0 Å². The van der Waals surface area contributed by atoms with E-state index in [1.165, 1.54) is 14.2 Å². The molecule has 4 N–H and O–H groups in total. The molecule has 0 aliphatic carbocycles. The Bertz CT molecular complexity index is 2480. The average Bonchev–Trinajstić information content (AvgIpc) is 4.14. The fourth-order valence-electron chi connectivity index (χ4n) is 9.07. The number of carbonyl (C=O) groups is 4. The molecule has 2 aromatic heterocycles. The second-order valence-electron chi connectivity index (χ2n) is 17.5. The predicted octanol–water partition coefficient (Wildman–Crippen LogP) is 7.29. The number of methoxy groups -OCH3 is 2. The van der Waals surface area contributed by atoms with Gasteiger partial charge in [0.05, 0.1) is 62.3 Å². The van der Waals surface area contributed by atoms with Crippen molar-refractivity contribution in [3.05, 3.63) is 84.2 Å². The van der Waals surface area contributed by atoms with Gasteiger partial charge in [-0.3, -0.25) is 9.59 Å². The number of benzene rings is 3. The molecule has 2 saturated heterocycles. The second-order valence-corrected chi connectivity index (χ2v) is 17.5. The maximum absolute atomic E-state index is 14.1. The number of rotatable bonds is 10. The summed E-state index contributed by atoms with van der Waals surface area (Å²) in [5.41, 5.74) is 6.48. The number of H-pyrrole nitrogens is 2. The topological polar surface area (TPSA) is 193 Å². The minimum absolute atomic E-state index is 0.113. The van der Waals surface area contributed by atoms with Crippen LogP contribution in [0, 0.1) is 11.8 Å². The van der Waals surface area contributed by atoms with E-state index in [9.17, 15) is 19.2 Å². The van der Waals surface area contributed by atoms with E-state index < -0.39 is 24.3 Å². The molecule has 5 heterocycles. The lowest BCUT2D eigenvalue weighted by atomic mass is 9.98. The summed E-state index contributed by atoms with van der Waals surface area (Å²) >= 11 is 0. The van der Waals surface area contributed by atoms with Crippen LogP contribution in [0.1, 0.15) is 82.8 Å². The zero-order valence-corrected chi connectivity index (χ0v) is 37.3. The van der Waals surface area contributed by atoms with Crippen molar-refractivity contribution in [2.24, 2.45) is 11.8 Å². The Labute approximate surface area is 372 Å². The number of hydrogen-bond acceptors (Lipinski definition) is 10. The van der Waals surface area contributed by atoms with E-state index in [1.54, 1.807) is 4.90 Å². The number of alkyl carbamates (subject to hydrolysis) is 2. The molecule has 3 aromatic carbocycles. The number of carbonyl (C=O) groups excluding carboxylic acids is 4. The van der Waals surface area contributed by atoms with Gasteiger partial charge in [-0.2, -0.15) is 0 Å². The molecule has 4 amide bonds. The van der Waals surface area contributed by atoms with Crippen LogP contribution in [0.2, 0.25) is 0 Å². The van der Waals surface area contributed by atoms with Gasteiger partial charge in [0, 0.05) is 43.9 Å². The zero-order valence-electron chi connectivity index (χ0n) is 37.3. The molecular formula is C48H58N8O8. The molecule has 0 radical (unpaired) electrons. The van der Waals surface area contributed by atoms with Crippen LogP contribution in [0.5, 0.6) is 0 Å². The van der Waals surface area contributed by atoms with E-state index in [0.29, 0.717) is 45.2 Å². The van der Waals surface area contributed by atoms with Gasteiger partial charge in [-0.1, -0.05) is 76.2 Å². The number of ether oxygens (including phenoxy) is 4. The number of amides is 4. The molecular weight excluding hydrogens is 817 g/mol. The van der Waals surface area contributed by atoms with Crippen molar-refractivity contribution in [3.63, 3.8) is 0 Å². The lowest BCUT2D eigenvalue weighted by Crippen LogP contribution is -2.51. The average molecular weight is 875 g/mol. The van der Waals surface area contributed by atoms with Gasteiger partial charge in [0.25, 0.3) is 0 Å². The van der Waals surface area contributed by atoms with Gasteiger partial charge in [0.2, 0.25) is 11.8 Å². The highest BCUT2D eigenvalue weighted by molar-refractivity contribution is 5.91. The molecule has 0 saturated carbocycles. The Kier molecular flexibility index (Phi) is 13.3. The van der Waals surface area contributed by atoms with Crippen LogP contribution in [-0.4, -0.2) is 112 Å². The molecule has 3 aliphatic rings. The summed E-state index contributed by atoms with van der Waals surface area (Å²) in [6.45, 7) is 9.94. The number of aromatic amines is 2. The molecule has 0 unspecified atom stereocenters. The van der Waals surface area contributed by atoms with Crippen molar-refractivity contribution in [3.8, 4) is 33.6 Å². The van der Waals surface area contributed by atoms with Crippen molar-refractivity contribution < 1.29 is 38.1 Å². The fourth-order valence-corrected chi connectivity index (χ4v) is 9.07. The normalized spacial score (nSPS) is 19.8. The maximum Gasteiger partial charge on any atom is 0.407 e. The van der Waals surface area contributed by atoms with Gasteiger partial charge in [0.15, 0.2) is 0 Å². The van der Waals surface area contributed by atoms with Crippen LogP contribution >= 0.6 is 0 Å². The third-order valence-corrected chi connectivity index (χ3v) is 12.6. The van der Waals surface area contributed by atoms with Crippen LogP contribution in [0.4, 0.5) is 9.59 Å². The SMILES string of the molecule is COC(=O)N[C@H](C(=O)N1C[C@@H]2C[C@H]1c1nc(-c3ccc(-c4ccc5cc(-c6cnc([C@@H]7CCCN7C(=O)[C@H](NC(=O)OC)C(C)C)[nH]6)ccc5c4)cc3)c([nH]1)COCCCO2)C(C)C. The van der Waals surface area contributed by atoms with Crippen molar-refractivity contribution in [2.75, 3.05) is 40.5 Å². The zero-order chi connectivity index (χ0) is 45.1. The van der Waals surface area contributed by atoms with E-state index in [-0.39, 0.29) is 41.8 Å². The third kappa shape index (κ3) is 9.34. The fraction of sp³-hybridized carbons (Fsp3) is 0.458. The first-order valence-electron chi connectivity index (χ1n) is 22.2. The van der Waals surface area contributed by atoms with Crippen LogP contribution < -0.4 is 10.6 Å². The molecule has 338 valence electrons. The summed E-state index contributed by atoms with van der Waals surface area (Å²) in [6.07, 6.45) is 3.27. The Morgan fingerprint density at radius 3 is 2.03 bits per heavy atom. The number of hydrogen-bond donors (Lipinski definition) is 4. The molecule has 0 spiro atoms. The first-order chi connectivity index (χ1) is 30.9. The highest BCUT2D eigenvalue weighted by atomic mass is 16.5. The predicted molar refractivity (Wildman–Crippen MR) is 240 cm³/mol. The van der Waals surface area contributed by atoms with E-state index in [1.807, 2.05) is 38.8 Å². The monoisotopic (exact) mass is 874 g/mol. The summed E-state index contributed by atoms with van der Waals surface area (Å²) < 4.78 is 21.9. The van der Waals surface area contributed by atoms with Crippen molar-refractivity contribution in [1.82, 2.24) is 40.4 Å². The third-order valence-electron chi connectivity index (χ3n) is 12.6. The highest BCUT2D eigenvalue weighted by Gasteiger charge is 2.43. The standard InChI is InChI=1S/C48H58N8O8/c1-27(2)40(53-47(59)61-5)45(57)55-18-7-9-38(55)43-49-24-36(50-43)34-17-16-32-21-31(14-15-33(32)22-34)29-10-12-30(13-11-29)42-37-26-63-19-8-20-64-35-23-39(44(51-37)52-42)56(25-35)46(58)41(28(3)4)54-48(60)62-6/h10-17,21-22,24,27-28,35,38-41H,7-9,18-20,23,25-26H2,1-6H3,(H,49,50)(H,51,52)(H,53,59)(H,54,60)/t35-,38-,39-,40+,41-/m0/s1. The summed E-state index contributed by atoms with van der Waals surface area (Å²) in [5.74, 6) is 0.743. The smallest absolute Gasteiger partial charge is 0.407 e. The van der Waals surface area contributed by atoms with Gasteiger partial charge in [-0.05, 0) is 65.1 Å². The molecule has 3 aliphatic heterocycles. The minimum Gasteiger partial charge on any atom is -0.453 e. The lowest BCUT2D eigenvalue weighted by molar-refractivity contribution is -0.136. The molecule has 16 nitrogen and oxygen atoms in total. The summed E-state index contributed by atoms with van der Waals surface area (Å²) in [4.78, 5) is 72.4. The van der Waals surface area contributed by atoms with Crippen LogP contribution in [-0.2, 0) is 35.1 Å². The molecule has 16 heteroatoms. The molecule has 8 rings (SSSR count). The van der Waals surface area contributed by atoms with Crippen molar-refractivity contribution in [2.45, 2.75) is 90.3 Å². The molecule has 5 aromatic rings. The van der Waals surface area contributed by atoms with Crippen molar-refractivity contribution >= 4 is 34.8 Å². The maximum atomic E-state index is 14.1. The van der Waals surface area contributed by atoms with Gasteiger partial charge in [-0.15, -0.1) is 0 Å². The Balaban J connectivity index is 0.996. The van der Waals surface area contributed by atoms with Crippen molar-refractivity contribution in [1.29, 1.82) is 0 Å². The number of nitrogens with one attached hydrogen (secondary N) is 4. The van der Waals surface area contributed by atoms with E-state index >= 15 is 0 Å². The quantitative estimate of drug-likeness (QED) is 0.111. The summed E-state index contributed by atoms with van der Waals surface area (Å²) in [7, 11) is 2.58. The largest absolute Gasteiger partial charge is 0.453 e. The number of imidazole rings is 2. The molecule has 2 fully saturated rings. The highest BCUT2D eigenvalue weighted by Crippen LogP contribution is 2.38. The van der Waals surface area contributed by atoms with Crippen LogP contribution in [0.25, 0.3) is 44.4 Å².